The van der Waals surface area contributed by atoms with E-state index in [0.29, 0.717) is 0 Å². The Labute approximate surface area is 459 Å². The number of hydrogen-bond donors (Lipinski definition) is 0. The Bertz CT molecular complexity index is 4310. The molecule has 0 aliphatic carbocycles. The first-order valence-corrected chi connectivity index (χ1v) is 26.9. The summed E-state index contributed by atoms with van der Waals surface area (Å²) >= 11 is 0. The van der Waals surface area contributed by atoms with Crippen LogP contribution in [0.3, 0.4) is 0 Å². The van der Waals surface area contributed by atoms with Crippen LogP contribution in [0.2, 0.25) is 0 Å². The smallest absolute Gasteiger partial charge is 0.252 e. The highest BCUT2D eigenvalue weighted by atomic mass is 16.5. The van der Waals surface area contributed by atoms with Gasteiger partial charge >= 0.3 is 0 Å². The molecule has 0 bridgehead atoms. The van der Waals surface area contributed by atoms with Crippen LogP contribution < -0.4 is 45.5 Å². The molecule has 0 spiro atoms. The number of benzene rings is 12. The molecule has 0 saturated carbocycles. The van der Waals surface area contributed by atoms with E-state index in [0.717, 1.165) is 130 Å². The summed E-state index contributed by atoms with van der Waals surface area (Å²) in [6.07, 6.45) is 0. The van der Waals surface area contributed by atoms with Gasteiger partial charge in [-0.15, -0.1) is 0 Å². The van der Waals surface area contributed by atoms with Crippen molar-refractivity contribution >= 4 is 91.3 Å². The average Bonchev–Trinajstić information content (AvgIpc) is 2.95. The zero-order valence-electron chi connectivity index (χ0n) is 42.8. The van der Waals surface area contributed by atoms with Gasteiger partial charge in [0.15, 0.2) is 23.0 Å². The molecule has 4 aliphatic heterocycles. The summed E-state index contributed by atoms with van der Waals surface area (Å²) in [5.41, 5.74) is 22.6. The van der Waals surface area contributed by atoms with Gasteiger partial charge in [-0.3, -0.25) is 4.90 Å². The van der Waals surface area contributed by atoms with Crippen LogP contribution in [0, 0.1) is 0 Å². The molecule has 4 aliphatic rings. The maximum atomic E-state index is 7.37. The van der Waals surface area contributed by atoms with Crippen LogP contribution in [0.25, 0.3) is 33.4 Å². The van der Waals surface area contributed by atoms with Crippen LogP contribution >= 0.6 is 0 Å². The molecule has 0 N–H and O–H groups in total. The van der Waals surface area contributed by atoms with Gasteiger partial charge < -0.3 is 24.2 Å². The summed E-state index contributed by atoms with van der Waals surface area (Å²) in [5, 5.41) is 0. The summed E-state index contributed by atoms with van der Waals surface area (Å²) in [5.74, 6) is 3.01. The molecule has 0 saturated heterocycles. The maximum absolute atomic E-state index is 7.37. The summed E-state index contributed by atoms with van der Waals surface area (Å²) in [6.45, 7) is -0.213. The van der Waals surface area contributed by atoms with Crippen LogP contribution in [-0.4, -0.2) is 6.71 Å². The van der Waals surface area contributed by atoms with Gasteiger partial charge in [-0.25, -0.2) is 0 Å². The van der Waals surface area contributed by atoms with Crippen molar-refractivity contribution in [2.24, 2.45) is 0 Å². The van der Waals surface area contributed by atoms with Crippen molar-refractivity contribution in [3.05, 3.63) is 285 Å². The van der Waals surface area contributed by atoms with Crippen molar-refractivity contribution in [2.75, 3.05) is 19.6 Å². The molecule has 7 heteroatoms. The Balaban J connectivity index is 1.03. The van der Waals surface area contributed by atoms with E-state index < -0.39 is 0 Å². The molecule has 0 atom stereocenters. The van der Waals surface area contributed by atoms with Crippen molar-refractivity contribution in [1.29, 1.82) is 0 Å². The van der Waals surface area contributed by atoms with Crippen LogP contribution in [0.4, 0.5) is 68.2 Å². The average molecular weight is 1010 g/mol. The molecule has 0 aromatic heterocycles. The molecule has 12 aromatic rings. The molecule has 0 amide bonds. The summed E-state index contributed by atoms with van der Waals surface area (Å²) in [4.78, 5) is 9.82. The number of hydrogen-bond acceptors (Lipinski definition) is 6. The summed E-state index contributed by atoms with van der Waals surface area (Å²) < 4.78 is 14.2. The Kier molecular flexibility index (Phi) is 10.2. The van der Waals surface area contributed by atoms with Crippen molar-refractivity contribution in [3.8, 4) is 56.4 Å². The molecule has 370 valence electrons. The number of ether oxygens (including phenoxy) is 2. The predicted molar refractivity (Wildman–Crippen MR) is 326 cm³/mol. The first-order chi connectivity index (χ1) is 39.2. The molecule has 0 radical (unpaired) electrons. The van der Waals surface area contributed by atoms with Gasteiger partial charge in [0.1, 0.15) is 5.69 Å². The number of para-hydroxylation sites is 7. The largest absolute Gasteiger partial charge is 0.453 e. The predicted octanol–water partition coefficient (Wildman–Crippen LogP) is 17.9. The molecule has 6 nitrogen and oxygen atoms in total. The molecule has 4 heterocycles. The fourth-order valence-corrected chi connectivity index (χ4v) is 12.6. The van der Waals surface area contributed by atoms with Gasteiger partial charge in [-0.2, -0.15) is 0 Å². The Morgan fingerprint density at radius 1 is 0.266 bits per heavy atom. The molecule has 79 heavy (non-hydrogen) atoms. The minimum absolute atomic E-state index is 0.213. The van der Waals surface area contributed by atoms with E-state index in [4.69, 9.17) is 9.47 Å². The number of anilines is 12. The normalized spacial score (nSPS) is 12.9. The molecule has 16 rings (SSSR count). The van der Waals surface area contributed by atoms with Crippen LogP contribution in [0.15, 0.2) is 285 Å². The van der Waals surface area contributed by atoms with Crippen LogP contribution in [-0.2, 0) is 0 Å². The van der Waals surface area contributed by atoms with Crippen LogP contribution in [0.5, 0.6) is 23.0 Å². The fourth-order valence-electron chi connectivity index (χ4n) is 12.6. The standard InChI is InChI=1S/C72H47BN4O2/c1-6-24-48(25-7-1)51-42-69-72-70(43-51)79-68-47-63-58(46-64(68)77(72)62-40-22-23-41-67(62)78-69)73-57-36-18-21-39-61(57)75(59-37-19-16-34-55(59)49-26-8-2-9-27-49)65-44-54(74(52-30-12-4-13-31-52)53-32-14-5-15-33-53)45-66(71(65)73)76(63)60-38-20-17-35-56(60)50-28-10-3-11-29-50/h1-47H. The minimum Gasteiger partial charge on any atom is -0.453 e. The lowest BCUT2D eigenvalue weighted by Gasteiger charge is -2.46. The van der Waals surface area contributed by atoms with Crippen molar-refractivity contribution in [2.45, 2.75) is 0 Å². The van der Waals surface area contributed by atoms with Gasteiger partial charge in [0.2, 0.25) is 0 Å². The van der Waals surface area contributed by atoms with Gasteiger partial charge in [-0.1, -0.05) is 194 Å². The maximum Gasteiger partial charge on any atom is 0.252 e. The fraction of sp³-hybridized carbons (Fsp3) is 0. The highest BCUT2D eigenvalue weighted by molar-refractivity contribution is 7.00. The first kappa shape index (κ1) is 44.8. The number of rotatable bonds is 8. The molecule has 0 unspecified atom stereocenters. The summed E-state index contributed by atoms with van der Waals surface area (Å²) in [6, 6.07) is 103. The van der Waals surface area contributed by atoms with Crippen molar-refractivity contribution in [3.63, 3.8) is 0 Å². The van der Waals surface area contributed by atoms with Gasteiger partial charge in [0.25, 0.3) is 6.71 Å². The second kappa shape index (κ2) is 18.1. The Hall–Kier alpha value is -10.5. The quantitative estimate of drug-likeness (QED) is 0.141. The molecule has 12 aromatic carbocycles. The van der Waals surface area contributed by atoms with E-state index in [1.165, 1.54) is 10.9 Å². The third kappa shape index (κ3) is 7.13. The molecular formula is C72H47BN4O2. The van der Waals surface area contributed by atoms with Gasteiger partial charge in [0.05, 0.1) is 28.4 Å². The van der Waals surface area contributed by atoms with E-state index >= 15 is 0 Å². The van der Waals surface area contributed by atoms with Gasteiger partial charge in [-0.05, 0) is 124 Å². The Morgan fingerprint density at radius 2 is 0.722 bits per heavy atom. The lowest BCUT2D eigenvalue weighted by molar-refractivity contribution is 0.446. The zero-order chi connectivity index (χ0) is 52.0. The molecular weight excluding hydrogens is 964 g/mol. The van der Waals surface area contributed by atoms with Crippen LogP contribution in [0.1, 0.15) is 0 Å². The third-order valence-corrected chi connectivity index (χ3v) is 15.9. The van der Waals surface area contributed by atoms with E-state index in [1.807, 2.05) is 6.07 Å². The second-order valence-electron chi connectivity index (χ2n) is 20.4. The highest BCUT2D eigenvalue weighted by Gasteiger charge is 2.47. The van der Waals surface area contributed by atoms with E-state index in [1.54, 1.807) is 0 Å². The zero-order valence-corrected chi connectivity index (χ0v) is 42.8. The SMILES string of the molecule is c1ccc(-c2cc3c4c(c2)Oc2cc5c(cc2N4c2ccccc2O3)B2c3ccccc3N(c3ccccc3-c3ccccc3)c3cc(N(c4ccccc4)c4ccccc4)cc(c32)N5c2ccccc2-c2ccccc2)cc1. The van der Waals surface area contributed by atoms with E-state index in [-0.39, 0.29) is 6.71 Å². The minimum atomic E-state index is -0.213. The first-order valence-electron chi connectivity index (χ1n) is 26.9. The highest BCUT2D eigenvalue weighted by Crippen LogP contribution is 2.62. The van der Waals surface area contributed by atoms with Crippen molar-refractivity contribution < 1.29 is 9.47 Å². The lowest BCUT2D eigenvalue weighted by Crippen LogP contribution is -2.61. The Morgan fingerprint density at radius 3 is 1.30 bits per heavy atom. The van der Waals surface area contributed by atoms with Crippen molar-refractivity contribution in [1.82, 2.24) is 0 Å². The molecule has 0 fully saturated rings. The topological polar surface area (TPSA) is 31.4 Å². The second-order valence-corrected chi connectivity index (χ2v) is 20.4. The van der Waals surface area contributed by atoms with E-state index in [9.17, 15) is 0 Å². The van der Waals surface area contributed by atoms with Gasteiger partial charge in [0, 0.05) is 51.3 Å². The number of fused-ring (bicyclic) bond motifs is 8. The van der Waals surface area contributed by atoms with E-state index in [2.05, 4.69) is 299 Å². The summed E-state index contributed by atoms with van der Waals surface area (Å²) in [7, 11) is 0. The monoisotopic (exact) mass is 1010 g/mol. The lowest BCUT2D eigenvalue weighted by atomic mass is 9.33. The third-order valence-electron chi connectivity index (χ3n) is 15.9. The number of nitrogens with zero attached hydrogens (tertiary/aromatic N) is 4.